The SMILES string of the molecule is CCCCCCCC/C=C\CCCCCCCC[N+](C)(C)CCC[N+](C)(C)C.[Cl-].[Cl-]. The van der Waals surface area contributed by atoms with Gasteiger partial charge in [0.05, 0.1) is 54.9 Å². The summed E-state index contributed by atoms with van der Waals surface area (Å²) in [5.41, 5.74) is 0. The summed E-state index contributed by atoms with van der Waals surface area (Å²) in [5, 5.41) is 0. The summed E-state index contributed by atoms with van der Waals surface area (Å²) in [5.74, 6) is 0. The van der Waals surface area contributed by atoms with Gasteiger partial charge in [-0.25, -0.2) is 0 Å². The zero-order chi connectivity index (χ0) is 21.1. The van der Waals surface area contributed by atoms with E-state index in [1.807, 2.05) is 0 Å². The van der Waals surface area contributed by atoms with Gasteiger partial charge >= 0.3 is 0 Å². The molecule has 0 aliphatic heterocycles. The second kappa shape index (κ2) is 22.4. The molecule has 184 valence electrons. The lowest BCUT2D eigenvalue weighted by Gasteiger charge is -2.31. The van der Waals surface area contributed by atoms with Crippen LogP contribution in [0.2, 0.25) is 0 Å². The summed E-state index contributed by atoms with van der Waals surface area (Å²) < 4.78 is 2.29. The first kappa shape index (κ1) is 34.8. The normalized spacial score (nSPS) is 12.1. The van der Waals surface area contributed by atoms with Crippen LogP contribution in [0, 0.1) is 0 Å². The van der Waals surface area contributed by atoms with E-state index in [2.05, 4.69) is 54.3 Å². The smallest absolute Gasteiger partial charge is 0.0836 e. The highest BCUT2D eigenvalue weighted by molar-refractivity contribution is 4.81. The van der Waals surface area contributed by atoms with E-state index in [0.29, 0.717) is 0 Å². The van der Waals surface area contributed by atoms with Crippen molar-refractivity contribution in [2.45, 2.75) is 103 Å². The van der Waals surface area contributed by atoms with E-state index in [4.69, 9.17) is 0 Å². The van der Waals surface area contributed by atoms with Crippen molar-refractivity contribution in [3.05, 3.63) is 12.2 Å². The molecule has 0 aliphatic rings. The molecule has 0 aromatic heterocycles. The second-order valence-electron chi connectivity index (χ2n) is 10.7. The van der Waals surface area contributed by atoms with Gasteiger partial charge in [0.2, 0.25) is 0 Å². The number of unbranched alkanes of at least 4 members (excludes halogenated alkanes) is 12. The van der Waals surface area contributed by atoms with Crippen molar-refractivity contribution in [2.75, 3.05) is 54.9 Å². The van der Waals surface area contributed by atoms with Crippen molar-refractivity contribution in [1.29, 1.82) is 0 Å². The molecule has 2 nitrogen and oxygen atoms in total. The predicted molar refractivity (Wildman–Crippen MR) is 129 cm³/mol. The minimum atomic E-state index is 0. The van der Waals surface area contributed by atoms with E-state index < -0.39 is 0 Å². The van der Waals surface area contributed by atoms with Crippen LogP contribution in [0.5, 0.6) is 0 Å². The average molecular weight is 468 g/mol. The molecule has 0 aliphatic carbocycles. The fraction of sp³-hybridized carbons (Fsp3) is 0.923. The molecule has 0 N–H and O–H groups in total. The van der Waals surface area contributed by atoms with Gasteiger partial charge in [-0.15, -0.1) is 0 Å². The molecule has 30 heavy (non-hydrogen) atoms. The number of rotatable bonds is 20. The number of quaternary nitrogens is 2. The topological polar surface area (TPSA) is 0 Å². The fourth-order valence-corrected chi connectivity index (χ4v) is 3.87. The lowest BCUT2D eigenvalue weighted by atomic mass is 10.1. The highest BCUT2D eigenvalue weighted by Gasteiger charge is 2.16. The van der Waals surface area contributed by atoms with E-state index >= 15 is 0 Å². The van der Waals surface area contributed by atoms with E-state index in [9.17, 15) is 0 Å². The molecular weight excluding hydrogens is 411 g/mol. The number of nitrogens with zero attached hydrogens (tertiary/aromatic N) is 2. The molecule has 0 aromatic carbocycles. The average Bonchev–Trinajstić information content (AvgIpc) is 2.60. The summed E-state index contributed by atoms with van der Waals surface area (Å²) in [7, 11) is 11.7. The predicted octanol–water partition coefficient (Wildman–Crippen LogP) is 1.20. The van der Waals surface area contributed by atoms with Gasteiger partial charge in [-0.3, -0.25) is 0 Å². The molecule has 0 fully saturated rings. The van der Waals surface area contributed by atoms with Crippen LogP contribution in [-0.4, -0.2) is 63.8 Å². The molecule has 0 atom stereocenters. The lowest BCUT2D eigenvalue weighted by Crippen LogP contribution is -3.00. The molecule has 0 unspecified atom stereocenters. The Hall–Kier alpha value is 0.240. The summed E-state index contributed by atoms with van der Waals surface area (Å²) >= 11 is 0. The van der Waals surface area contributed by atoms with Gasteiger partial charge in [-0.1, -0.05) is 70.4 Å². The van der Waals surface area contributed by atoms with E-state index in [0.717, 1.165) is 4.48 Å². The van der Waals surface area contributed by atoms with E-state index in [-0.39, 0.29) is 24.8 Å². The Morgan fingerprint density at radius 3 is 1.33 bits per heavy atom. The largest absolute Gasteiger partial charge is 1.00 e. The van der Waals surface area contributed by atoms with Crippen LogP contribution in [-0.2, 0) is 0 Å². The number of allylic oxidation sites excluding steroid dienone is 2. The van der Waals surface area contributed by atoms with Gasteiger partial charge in [0.25, 0.3) is 0 Å². The van der Waals surface area contributed by atoms with Gasteiger partial charge in [0.15, 0.2) is 0 Å². The van der Waals surface area contributed by atoms with E-state index in [1.165, 1.54) is 120 Å². The van der Waals surface area contributed by atoms with Crippen LogP contribution in [0.4, 0.5) is 0 Å². The van der Waals surface area contributed by atoms with Gasteiger partial charge in [0.1, 0.15) is 0 Å². The van der Waals surface area contributed by atoms with Crippen LogP contribution in [0.1, 0.15) is 103 Å². The summed E-state index contributed by atoms with van der Waals surface area (Å²) in [6, 6.07) is 0. The Labute approximate surface area is 203 Å². The zero-order valence-corrected chi connectivity index (χ0v) is 23.0. The summed E-state index contributed by atoms with van der Waals surface area (Å²) in [4.78, 5) is 0. The Morgan fingerprint density at radius 1 is 0.467 bits per heavy atom. The third-order valence-corrected chi connectivity index (χ3v) is 5.87. The first-order chi connectivity index (χ1) is 13.3. The highest BCUT2D eigenvalue weighted by atomic mass is 35.5. The van der Waals surface area contributed by atoms with Crippen LogP contribution < -0.4 is 24.8 Å². The fourth-order valence-electron chi connectivity index (χ4n) is 3.87. The minimum absolute atomic E-state index is 0. The summed E-state index contributed by atoms with van der Waals surface area (Å²) in [6.45, 7) is 6.24. The molecule has 0 amide bonds. The minimum Gasteiger partial charge on any atom is -1.00 e. The molecule has 0 radical (unpaired) electrons. The molecule has 0 spiro atoms. The molecule has 0 aromatic rings. The third kappa shape index (κ3) is 28.2. The van der Waals surface area contributed by atoms with Crippen molar-refractivity contribution in [1.82, 2.24) is 0 Å². The van der Waals surface area contributed by atoms with Crippen LogP contribution in [0.25, 0.3) is 0 Å². The lowest BCUT2D eigenvalue weighted by molar-refractivity contribution is -0.902. The molecule has 0 saturated heterocycles. The molecule has 0 saturated carbocycles. The summed E-state index contributed by atoms with van der Waals surface area (Å²) in [6.07, 6.45) is 25.8. The van der Waals surface area contributed by atoms with Gasteiger partial charge in [0, 0.05) is 6.42 Å². The molecule has 0 bridgehead atoms. The standard InChI is InChI=1S/C26H56N2.2ClH/c1-7-8-9-10-11-12-13-14-15-16-17-18-19-20-21-22-25-28(5,6)26-23-24-27(2,3)4;;/h14-15H,7-13,16-26H2,1-6H3;2*1H/q+2;;/p-2/b15-14-;;. The van der Waals surface area contributed by atoms with Crippen molar-refractivity contribution < 1.29 is 33.8 Å². The Kier molecular flexibility index (Phi) is 26.1. The zero-order valence-electron chi connectivity index (χ0n) is 21.5. The van der Waals surface area contributed by atoms with Crippen molar-refractivity contribution in [3.8, 4) is 0 Å². The first-order valence-electron chi connectivity index (χ1n) is 12.5. The Balaban J connectivity index is -0.00000364. The Morgan fingerprint density at radius 2 is 0.867 bits per heavy atom. The monoisotopic (exact) mass is 466 g/mol. The number of halogens is 2. The maximum Gasteiger partial charge on any atom is 0.0836 e. The van der Waals surface area contributed by atoms with Gasteiger partial charge < -0.3 is 33.8 Å². The van der Waals surface area contributed by atoms with Gasteiger partial charge in [-0.05, 0) is 38.5 Å². The number of hydrogen-bond acceptors (Lipinski definition) is 0. The highest BCUT2D eigenvalue weighted by Crippen LogP contribution is 2.11. The van der Waals surface area contributed by atoms with Crippen molar-refractivity contribution in [2.24, 2.45) is 0 Å². The van der Waals surface area contributed by atoms with Crippen molar-refractivity contribution >= 4 is 0 Å². The maximum absolute atomic E-state index is 2.43. The second-order valence-corrected chi connectivity index (χ2v) is 10.7. The molecule has 4 heteroatoms. The first-order valence-corrected chi connectivity index (χ1v) is 12.5. The molecular formula is C26H56Cl2N2. The van der Waals surface area contributed by atoms with Crippen LogP contribution in [0.3, 0.4) is 0 Å². The van der Waals surface area contributed by atoms with Crippen LogP contribution in [0.15, 0.2) is 12.2 Å². The quantitative estimate of drug-likeness (QED) is 0.143. The molecule has 0 rings (SSSR count). The maximum atomic E-state index is 2.43. The van der Waals surface area contributed by atoms with E-state index in [1.54, 1.807) is 0 Å². The Bertz CT molecular complexity index is 363. The van der Waals surface area contributed by atoms with Crippen molar-refractivity contribution in [3.63, 3.8) is 0 Å². The van der Waals surface area contributed by atoms with Gasteiger partial charge in [-0.2, -0.15) is 0 Å². The van der Waals surface area contributed by atoms with Crippen LogP contribution >= 0.6 is 0 Å². The number of hydrogen-bond donors (Lipinski definition) is 0. The third-order valence-electron chi connectivity index (χ3n) is 5.87. The molecule has 0 heterocycles.